The predicted molar refractivity (Wildman–Crippen MR) is 73.3 cm³/mol. The largest absolute Gasteiger partial charge is 0.349 e. The van der Waals surface area contributed by atoms with Crippen molar-refractivity contribution < 1.29 is 4.79 Å². The summed E-state index contributed by atoms with van der Waals surface area (Å²) in [4.78, 5) is 12.3. The van der Waals surface area contributed by atoms with Crippen molar-refractivity contribution in [3.05, 3.63) is 29.3 Å². The van der Waals surface area contributed by atoms with Crippen LogP contribution in [0.5, 0.6) is 0 Å². The Labute approximate surface area is 108 Å². The van der Waals surface area contributed by atoms with Gasteiger partial charge in [0.1, 0.15) is 0 Å². The SMILES string of the molecule is Cc1ccc(NN)c(C(=O)NC2CCCC2C)c1. The second-order valence-electron chi connectivity index (χ2n) is 5.18. The van der Waals surface area contributed by atoms with Crippen LogP contribution in [0.15, 0.2) is 18.2 Å². The molecule has 1 aliphatic carbocycles. The number of aryl methyl sites for hydroxylation is 1. The van der Waals surface area contributed by atoms with Crippen molar-refractivity contribution in [2.75, 3.05) is 5.43 Å². The van der Waals surface area contributed by atoms with Crippen LogP contribution in [0, 0.1) is 12.8 Å². The molecule has 98 valence electrons. The number of carbonyl (C=O) groups is 1. The fourth-order valence-corrected chi connectivity index (χ4v) is 2.58. The molecule has 2 atom stereocenters. The molecule has 4 heteroatoms. The molecular formula is C14H21N3O. The van der Waals surface area contributed by atoms with E-state index in [0.717, 1.165) is 12.0 Å². The lowest BCUT2D eigenvalue weighted by Crippen LogP contribution is -2.37. The van der Waals surface area contributed by atoms with Crippen LogP contribution >= 0.6 is 0 Å². The molecule has 0 aromatic heterocycles. The van der Waals surface area contributed by atoms with Crippen molar-refractivity contribution >= 4 is 11.6 Å². The quantitative estimate of drug-likeness (QED) is 0.566. The molecule has 2 unspecified atom stereocenters. The lowest BCUT2D eigenvalue weighted by molar-refractivity contribution is 0.0930. The maximum Gasteiger partial charge on any atom is 0.253 e. The molecule has 0 spiro atoms. The highest BCUT2D eigenvalue weighted by atomic mass is 16.1. The number of nitrogens with two attached hydrogens (primary N) is 1. The minimum absolute atomic E-state index is 0.0367. The number of hydrogen-bond donors (Lipinski definition) is 3. The number of hydrazine groups is 1. The van der Waals surface area contributed by atoms with E-state index in [0.29, 0.717) is 23.2 Å². The number of nitrogen functional groups attached to an aromatic ring is 1. The van der Waals surface area contributed by atoms with Gasteiger partial charge in [-0.1, -0.05) is 25.0 Å². The molecule has 1 aromatic carbocycles. The number of hydrogen-bond acceptors (Lipinski definition) is 3. The number of anilines is 1. The molecule has 0 bridgehead atoms. The highest BCUT2D eigenvalue weighted by Crippen LogP contribution is 2.25. The van der Waals surface area contributed by atoms with E-state index in [4.69, 9.17) is 5.84 Å². The van der Waals surface area contributed by atoms with Crippen LogP contribution in [0.25, 0.3) is 0 Å². The van der Waals surface area contributed by atoms with E-state index in [9.17, 15) is 4.79 Å². The van der Waals surface area contributed by atoms with E-state index in [1.54, 1.807) is 0 Å². The fraction of sp³-hybridized carbons (Fsp3) is 0.500. The summed E-state index contributed by atoms with van der Waals surface area (Å²) in [6.07, 6.45) is 3.47. The van der Waals surface area contributed by atoms with Crippen LogP contribution in [-0.2, 0) is 0 Å². The molecule has 1 saturated carbocycles. The molecule has 0 heterocycles. The molecule has 18 heavy (non-hydrogen) atoms. The van der Waals surface area contributed by atoms with Crippen molar-refractivity contribution in [2.45, 2.75) is 39.2 Å². The highest BCUT2D eigenvalue weighted by molar-refractivity contribution is 5.99. The standard InChI is InChI=1S/C14H21N3O/c1-9-6-7-13(17-15)11(8-9)14(18)16-12-5-3-4-10(12)2/h6-8,10,12,17H,3-5,15H2,1-2H3,(H,16,18). The number of rotatable bonds is 3. The van der Waals surface area contributed by atoms with Gasteiger partial charge in [-0.25, -0.2) is 0 Å². The average molecular weight is 247 g/mol. The van der Waals surface area contributed by atoms with Crippen LogP contribution in [-0.4, -0.2) is 11.9 Å². The third kappa shape index (κ3) is 2.64. The van der Waals surface area contributed by atoms with E-state index >= 15 is 0 Å². The van der Waals surface area contributed by atoms with Crippen LogP contribution in [0.3, 0.4) is 0 Å². The molecule has 4 N–H and O–H groups in total. The molecule has 1 fully saturated rings. The Hall–Kier alpha value is -1.55. The van der Waals surface area contributed by atoms with E-state index in [1.165, 1.54) is 12.8 Å². The zero-order valence-electron chi connectivity index (χ0n) is 11.0. The highest BCUT2D eigenvalue weighted by Gasteiger charge is 2.25. The molecule has 1 aromatic rings. The normalized spacial score (nSPS) is 22.8. The van der Waals surface area contributed by atoms with E-state index in [2.05, 4.69) is 17.7 Å². The van der Waals surface area contributed by atoms with Crippen molar-refractivity contribution in [1.29, 1.82) is 0 Å². The van der Waals surface area contributed by atoms with Crippen molar-refractivity contribution in [1.82, 2.24) is 5.32 Å². The Balaban J connectivity index is 2.15. The molecule has 0 aliphatic heterocycles. The van der Waals surface area contributed by atoms with E-state index in [-0.39, 0.29) is 5.91 Å². The van der Waals surface area contributed by atoms with Gasteiger partial charge in [-0.05, 0) is 37.8 Å². The minimum Gasteiger partial charge on any atom is -0.349 e. The van der Waals surface area contributed by atoms with Crippen molar-refractivity contribution in [2.24, 2.45) is 11.8 Å². The smallest absolute Gasteiger partial charge is 0.253 e. The Morgan fingerprint density at radius 2 is 2.17 bits per heavy atom. The zero-order chi connectivity index (χ0) is 13.1. The van der Waals surface area contributed by atoms with Gasteiger partial charge in [0.25, 0.3) is 5.91 Å². The summed E-state index contributed by atoms with van der Waals surface area (Å²) in [5.74, 6) is 5.97. The van der Waals surface area contributed by atoms with E-state index in [1.807, 2.05) is 25.1 Å². The van der Waals surface area contributed by atoms with E-state index < -0.39 is 0 Å². The first-order valence-corrected chi connectivity index (χ1v) is 6.50. The molecule has 0 radical (unpaired) electrons. The predicted octanol–water partition coefficient (Wildman–Crippen LogP) is 2.20. The summed E-state index contributed by atoms with van der Waals surface area (Å²) in [6.45, 7) is 4.16. The number of benzene rings is 1. The summed E-state index contributed by atoms with van der Waals surface area (Å²) in [7, 11) is 0. The van der Waals surface area contributed by atoms with Gasteiger partial charge >= 0.3 is 0 Å². The van der Waals surface area contributed by atoms with Crippen LogP contribution in [0.2, 0.25) is 0 Å². The summed E-state index contributed by atoms with van der Waals surface area (Å²) in [5, 5.41) is 3.11. The monoisotopic (exact) mass is 247 g/mol. The lowest BCUT2D eigenvalue weighted by atomic mass is 10.0. The Morgan fingerprint density at radius 3 is 2.78 bits per heavy atom. The number of nitrogens with one attached hydrogen (secondary N) is 2. The van der Waals surface area contributed by atoms with Crippen molar-refractivity contribution in [3.63, 3.8) is 0 Å². The Kier molecular flexibility index (Phi) is 3.87. The zero-order valence-corrected chi connectivity index (χ0v) is 11.0. The molecule has 1 aliphatic rings. The lowest BCUT2D eigenvalue weighted by Gasteiger charge is -2.18. The molecule has 2 rings (SSSR count). The van der Waals surface area contributed by atoms with Crippen molar-refractivity contribution in [3.8, 4) is 0 Å². The van der Waals surface area contributed by atoms with Gasteiger partial charge in [-0.3, -0.25) is 10.6 Å². The number of carbonyl (C=O) groups excluding carboxylic acids is 1. The first kappa shape index (κ1) is 12.9. The number of amides is 1. The minimum atomic E-state index is -0.0367. The second kappa shape index (κ2) is 5.40. The first-order valence-electron chi connectivity index (χ1n) is 6.50. The fourth-order valence-electron chi connectivity index (χ4n) is 2.58. The topological polar surface area (TPSA) is 67.1 Å². The van der Waals surface area contributed by atoms with Gasteiger partial charge in [-0.15, -0.1) is 0 Å². The average Bonchev–Trinajstić information content (AvgIpc) is 2.75. The Morgan fingerprint density at radius 1 is 1.39 bits per heavy atom. The molecule has 1 amide bonds. The third-order valence-electron chi connectivity index (χ3n) is 3.75. The maximum absolute atomic E-state index is 12.3. The summed E-state index contributed by atoms with van der Waals surface area (Å²) in [5.41, 5.74) is 4.93. The summed E-state index contributed by atoms with van der Waals surface area (Å²) >= 11 is 0. The maximum atomic E-state index is 12.3. The third-order valence-corrected chi connectivity index (χ3v) is 3.75. The molecule has 0 saturated heterocycles. The summed E-state index contributed by atoms with van der Waals surface area (Å²) < 4.78 is 0. The summed E-state index contributed by atoms with van der Waals surface area (Å²) in [6, 6.07) is 5.93. The Bertz CT molecular complexity index is 445. The molecule has 4 nitrogen and oxygen atoms in total. The first-order chi connectivity index (χ1) is 8.61. The molecular weight excluding hydrogens is 226 g/mol. The van der Waals surface area contributed by atoms with Gasteiger partial charge in [0, 0.05) is 6.04 Å². The van der Waals surface area contributed by atoms with Gasteiger partial charge < -0.3 is 10.7 Å². The van der Waals surface area contributed by atoms with Gasteiger partial charge in [-0.2, -0.15) is 0 Å². The van der Waals surface area contributed by atoms with Gasteiger partial charge in [0.15, 0.2) is 0 Å². The van der Waals surface area contributed by atoms with Gasteiger partial charge in [0.05, 0.1) is 11.3 Å². The van der Waals surface area contributed by atoms with Gasteiger partial charge in [0.2, 0.25) is 0 Å². The van der Waals surface area contributed by atoms with Crippen LogP contribution < -0.4 is 16.6 Å². The van der Waals surface area contributed by atoms with Crippen LogP contribution in [0.1, 0.15) is 42.1 Å². The second-order valence-corrected chi connectivity index (χ2v) is 5.18. The van der Waals surface area contributed by atoms with Crippen LogP contribution in [0.4, 0.5) is 5.69 Å².